The maximum Gasteiger partial charge on any atom is 0.211 e. The Morgan fingerprint density at radius 1 is 1.25 bits per heavy atom. The molecule has 0 aromatic rings. The van der Waals surface area contributed by atoms with E-state index in [1.807, 2.05) is 6.92 Å². The second-order valence-corrected chi connectivity index (χ2v) is 8.26. The molecule has 0 aromatic heterocycles. The molecule has 2 atom stereocenters. The van der Waals surface area contributed by atoms with Crippen LogP contribution < -0.4 is 5.32 Å². The second-order valence-electron chi connectivity index (χ2n) is 6.28. The molecule has 0 spiro atoms. The minimum atomic E-state index is -3.04. The molecule has 2 fully saturated rings. The van der Waals surface area contributed by atoms with Crippen molar-refractivity contribution in [1.29, 1.82) is 0 Å². The molecule has 2 saturated heterocycles. The SMILES string of the molecule is CCN(CCCNC1CC2CCC(C1)N2C)S(C)(=O)=O. The molecule has 118 valence electrons. The number of hydrogen-bond acceptors (Lipinski definition) is 4. The molecule has 0 aliphatic carbocycles. The molecule has 2 unspecified atom stereocenters. The summed E-state index contributed by atoms with van der Waals surface area (Å²) in [5.74, 6) is 0. The Kier molecular flexibility index (Phi) is 5.45. The number of fused-ring (bicyclic) bond motifs is 2. The molecular weight excluding hydrogens is 274 g/mol. The third-order valence-corrected chi connectivity index (χ3v) is 6.32. The summed E-state index contributed by atoms with van der Waals surface area (Å²) in [5.41, 5.74) is 0. The van der Waals surface area contributed by atoms with E-state index >= 15 is 0 Å². The summed E-state index contributed by atoms with van der Waals surface area (Å²) in [6.45, 7) is 4.00. The van der Waals surface area contributed by atoms with Crippen LogP contribution in [0.1, 0.15) is 39.0 Å². The van der Waals surface area contributed by atoms with Gasteiger partial charge in [-0.3, -0.25) is 0 Å². The first-order chi connectivity index (χ1) is 9.41. The van der Waals surface area contributed by atoms with Crippen LogP contribution in [0.5, 0.6) is 0 Å². The molecule has 0 amide bonds. The number of hydrogen-bond donors (Lipinski definition) is 1. The Balaban J connectivity index is 1.67. The molecule has 0 saturated carbocycles. The van der Waals surface area contributed by atoms with E-state index in [-0.39, 0.29) is 0 Å². The monoisotopic (exact) mass is 303 g/mol. The van der Waals surface area contributed by atoms with Crippen molar-refractivity contribution in [3.8, 4) is 0 Å². The molecule has 0 aromatic carbocycles. The lowest BCUT2D eigenvalue weighted by atomic mass is 9.98. The van der Waals surface area contributed by atoms with Gasteiger partial charge in [0.15, 0.2) is 0 Å². The minimum absolute atomic E-state index is 0.567. The zero-order chi connectivity index (χ0) is 14.8. The van der Waals surface area contributed by atoms with Crippen LogP contribution in [0.4, 0.5) is 0 Å². The summed E-state index contributed by atoms with van der Waals surface area (Å²) in [5, 5.41) is 3.63. The highest BCUT2D eigenvalue weighted by Gasteiger charge is 2.37. The maximum atomic E-state index is 11.5. The van der Waals surface area contributed by atoms with Crippen molar-refractivity contribution in [1.82, 2.24) is 14.5 Å². The molecule has 2 bridgehead atoms. The summed E-state index contributed by atoms with van der Waals surface area (Å²) >= 11 is 0. The summed E-state index contributed by atoms with van der Waals surface area (Å²) in [4.78, 5) is 2.54. The third kappa shape index (κ3) is 3.93. The van der Waals surface area contributed by atoms with Crippen LogP contribution >= 0.6 is 0 Å². The first-order valence-electron chi connectivity index (χ1n) is 7.82. The quantitative estimate of drug-likeness (QED) is 0.709. The lowest BCUT2D eigenvalue weighted by Crippen LogP contribution is -2.47. The molecule has 1 N–H and O–H groups in total. The van der Waals surface area contributed by atoms with Gasteiger partial charge in [-0.25, -0.2) is 12.7 Å². The van der Waals surface area contributed by atoms with E-state index in [0.29, 0.717) is 19.1 Å². The number of piperidine rings is 1. The Morgan fingerprint density at radius 2 is 1.85 bits per heavy atom. The van der Waals surface area contributed by atoms with Gasteiger partial charge in [0.05, 0.1) is 6.26 Å². The Bertz CT molecular complexity index is 399. The van der Waals surface area contributed by atoms with Crippen LogP contribution in [0.15, 0.2) is 0 Å². The van der Waals surface area contributed by atoms with E-state index in [1.54, 1.807) is 4.31 Å². The third-order valence-electron chi connectivity index (χ3n) is 4.94. The summed E-state index contributed by atoms with van der Waals surface area (Å²) < 4.78 is 24.5. The summed E-state index contributed by atoms with van der Waals surface area (Å²) in [6, 6.07) is 2.14. The van der Waals surface area contributed by atoms with E-state index in [1.165, 1.54) is 31.9 Å². The van der Waals surface area contributed by atoms with E-state index in [0.717, 1.165) is 25.0 Å². The molecule has 20 heavy (non-hydrogen) atoms. The van der Waals surface area contributed by atoms with E-state index < -0.39 is 10.0 Å². The lowest BCUT2D eigenvalue weighted by molar-refractivity contribution is 0.148. The number of rotatable bonds is 7. The molecule has 5 nitrogen and oxygen atoms in total. The predicted octanol–water partition coefficient (Wildman–Crippen LogP) is 0.873. The van der Waals surface area contributed by atoms with Gasteiger partial charge in [-0.05, 0) is 45.7 Å². The van der Waals surface area contributed by atoms with E-state index in [4.69, 9.17) is 0 Å². The molecule has 2 heterocycles. The van der Waals surface area contributed by atoms with Crippen molar-refractivity contribution >= 4 is 10.0 Å². The lowest BCUT2D eigenvalue weighted by Gasteiger charge is -2.36. The van der Waals surface area contributed by atoms with E-state index in [9.17, 15) is 8.42 Å². The van der Waals surface area contributed by atoms with Crippen molar-refractivity contribution in [3.05, 3.63) is 0 Å². The molecular formula is C14H29N3O2S. The molecule has 0 radical (unpaired) electrons. The fourth-order valence-corrected chi connectivity index (χ4v) is 4.63. The molecule has 2 rings (SSSR count). The number of nitrogens with one attached hydrogen (secondary N) is 1. The van der Waals surface area contributed by atoms with Gasteiger partial charge in [0.25, 0.3) is 0 Å². The van der Waals surface area contributed by atoms with Gasteiger partial charge in [0.1, 0.15) is 0 Å². The Hall–Kier alpha value is -0.170. The van der Waals surface area contributed by atoms with Crippen molar-refractivity contribution in [2.75, 3.05) is 32.9 Å². The average Bonchev–Trinajstić information content (AvgIpc) is 2.61. The largest absolute Gasteiger partial charge is 0.314 e. The highest BCUT2D eigenvalue weighted by atomic mass is 32.2. The van der Waals surface area contributed by atoms with Gasteiger partial charge in [-0.1, -0.05) is 6.92 Å². The summed E-state index contributed by atoms with van der Waals surface area (Å²) in [7, 11) is -0.782. The standard InChI is InChI=1S/C14H29N3O2S/c1-4-17(20(3,18)19)9-5-8-15-12-10-13-6-7-14(11-12)16(13)2/h12-15H,4-11H2,1-3H3. The van der Waals surface area contributed by atoms with Crippen LogP contribution in [-0.4, -0.2) is 68.7 Å². The van der Waals surface area contributed by atoms with Crippen molar-refractivity contribution in [2.45, 2.75) is 57.2 Å². The van der Waals surface area contributed by atoms with Crippen LogP contribution in [-0.2, 0) is 10.0 Å². The van der Waals surface area contributed by atoms with Crippen LogP contribution in [0.25, 0.3) is 0 Å². The smallest absolute Gasteiger partial charge is 0.211 e. The van der Waals surface area contributed by atoms with Gasteiger partial charge in [0.2, 0.25) is 10.0 Å². The Labute approximate surface area is 123 Å². The van der Waals surface area contributed by atoms with Gasteiger partial charge in [0, 0.05) is 31.2 Å². The number of nitrogens with zero attached hydrogens (tertiary/aromatic N) is 2. The summed E-state index contributed by atoms with van der Waals surface area (Å²) in [6.07, 6.45) is 7.36. The molecule has 6 heteroatoms. The molecule has 2 aliphatic rings. The first-order valence-corrected chi connectivity index (χ1v) is 9.67. The Morgan fingerprint density at radius 3 is 2.35 bits per heavy atom. The zero-order valence-corrected chi connectivity index (χ0v) is 13.8. The van der Waals surface area contributed by atoms with Crippen molar-refractivity contribution < 1.29 is 8.42 Å². The van der Waals surface area contributed by atoms with Crippen LogP contribution in [0, 0.1) is 0 Å². The van der Waals surface area contributed by atoms with Gasteiger partial charge < -0.3 is 10.2 Å². The normalized spacial score (nSPS) is 31.1. The van der Waals surface area contributed by atoms with Crippen molar-refractivity contribution in [2.24, 2.45) is 0 Å². The first kappa shape index (κ1) is 16.2. The fourth-order valence-electron chi connectivity index (χ4n) is 3.70. The fraction of sp³-hybridized carbons (Fsp3) is 1.00. The molecule has 2 aliphatic heterocycles. The van der Waals surface area contributed by atoms with Crippen LogP contribution in [0.3, 0.4) is 0 Å². The minimum Gasteiger partial charge on any atom is -0.314 e. The zero-order valence-electron chi connectivity index (χ0n) is 13.0. The number of sulfonamides is 1. The highest BCUT2D eigenvalue weighted by Crippen LogP contribution is 2.34. The van der Waals surface area contributed by atoms with Gasteiger partial charge in [-0.15, -0.1) is 0 Å². The van der Waals surface area contributed by atoms with Gasteiger partial charge >= 0.3 is 0 Å². The predicted molar refractivity (Wildman–Crippen MR) is 82.3 cm³/mol. The average molecular weight is 303 g/mol. The topological polar surface area (TPSA) is 52.6 Å². The van der Waals surface area contributed by atoms with Crippen LogP contribution in [0.2, 0.25) is 0 Å². The van der Waals surface area contributed by atoms with Gasteiger partial charge in [-0.2, -0.15) is 0 Å². The van der Waals surface area contributed by atoms with E-state index in [2.05, 4.69) is 17.3 Å². The highest BCUT2D eigenvalue weighted by molar-refractivity contribution is 7.88. The van der Waals surface area contributed by atoms with Crippen molar-refractivity contribution in [3.63, 3.8) is 0 Å². The maximum absolute atomic E-state index is 11.5. The second kappa shape index (κ2) is 6.73.